The molecule has 2 heterocycles. The van der Waals surface area contributed by atoms with Crippen LogP contribution in [-0.4, -0.2) is 26.5 Å². The molecule has 2 aromatic rings. The van der Waals surface area contributed by atoms with Crippen molar-refractivity contribution in [2.45, 2.75) is 26.8 Å². The minimum atomic E-state index is 0.566. The van der Waals surface area contributed by atoms with Crippen molar-refractivity contribution in [1.82, 2.24) is 19.9 Å². The molecule has 0 spiro atoms. The number of rotatable bonds is 6. The molecule has 0 aromatic carbocycles. The number of hydrogen-bond acceptors (Lipinski definition) is 6. The van der Waals surface area contributed by atoms with E-state index in [1.54, 1.807) is 18.6 Å². The summed E-state index contributed by atoms with van der Waals surface area (Å²) in [6.45, 7) is 5.43. The quantitative estimate of drug-likeness (QED) is 0.844. The Bertz CT molecular complexity index is 557. The molecule has 0 saturated heterocycles. The van der Waals surface area contributed by atoms with Crippen LogP contribution in [0.3, 0.4) is 0 Å². The molecule has 0 radical (unpaired) electrons. The fourth-order valence-corrected chi connectivity index (χ4v) is 1.83. The molecule has 7 heteroatoms. The minimum absolute atomic E-state index is 0.566. The standard InChI is InChI=1S/C13H17BrN6/c1-3-4-15-13-19-8-11(14)12(20-13)18-7-10-6-16-9(2)5-17-10/h5-6,8H,3-4,7H2,1-2H3,(H2,15,18,19,20). The van der Waals surface area contributed by atoms with Gasteiger partial charge in [-0.05, 0) is 29.3 Å². The maximum absolute atomic E-state index is 4.41. The monoisotopic (exact) mass is 336 g/mol. The number of halogens is 1. The second-order valence-corrected chi connectivity index (χ2v) is 5.17. The molecule has 0 atom stereocenters. The third-order valence-electron chi connectivity index (χ3n) is 2.55. The van der Waals surface area contributed by atoms with Crippen LogP contribution in [0.5, 0.6) is 0 Å². The van der Waals surface area contributed by atoms with Crippen molar-refractivity contribution in [3.63, 3.8) is 0 Å². The summed E-state index contributed by atoms with van der Waals surface area (Å²) in [5.41, 5.74) is 1.77. The predicted octanol–water partition coefficient (Wildman–Crippen LogP) is 2.77. The molecule has 0 amide bonds. The van der Waals surface area contributed by atoms with Crippen molar-refractivity contribution in [2.75, 3.05) is 17.2 Å². The summed E-state index contributed by atoms with van der Waals surface area (Å²) in [5.74, 6) is 1.36. The van der Waals surface area contributed by atoms with Gasteiger partial charge in [0.1, 0.15) is 5.82 Å². The number of aromatic nitrogens is 4. The molecule has 0 saturated carbocycles. The van der Waals surface area contributed by atoms with Gasteiger partial charge in [-0.15, -0.1) is 0 Å². The molecular formula is C13H17BrN6. The molecule has 2 aromatic heterocycles. The van der Waals surface area contributed by atoms with Crippen LogP contribution in [0.15, 0.2) is 23.1 Å². The van der Waals surface area contributed by atoms with Gasteiger partial charge in [-0.2, -0.15) is 4.98 Å². The van der Waals surface area contributed by atoms with E-state index in [2.05, 4.69) is 53.4 Å². The van der Waals surface area contributed by atoms with Gasteiger partial charge in [0, 0.05) is 18.9 Å². The van der Waals surface area contributed by atoms with E-state index in [-0.39, 0.29) is 0 Å². The van der Waals surface area contributed by atoms with Gasteiger partial charge in [0.05, 0.1) is 28.6 Å². The number of anilines is 2. The van der Waals surface area contributed by atoms with Crippen molar-refractivity contribution in [3.8, 4) is 0 Å². The molecule has 0 bridgehead atoms. The Morgan fingerprint density at radius 1 is 1.10 bits per heavy atom. The fraction of sp³-hybridized carbons (Fsp3) is 0.385. The van der Waals surface area contributed by atoms with Crippen LogP contribution in [-0.2, 0) is 6.54 Å². The van der Waals surface area contributed by atoms with Crippen LogP contribution in [0.2, 0.25) is 0 Å². The zero-order valence-electron chi connectivity index (χ0n) is 11.5. The summed E-state index contributed by atoms with van der Waals surface area (Å²) in [7, 11) is 0. The van der Waals surface area contributed by atoms with Crippen LogP contribution in [0.25, 0.3) is 0 Å². The summed E-state index contributed by atoms with van der Waals surface area (Å²) in [6.07, 6.45) is 6.27. The van der Waals surface area contributed by atoms with Gasteiger partial charge >= 0.3 is 0 Å². The van der Waals surface area contributed by atoms with Gasteiger partial charge in [-0.3, -0.25) is 9.97 Å². The highest BCUT2D eigenvalue weighted by Gasteiger charge is 2.05. The highest BCUT2D eigenvalue weighted by Crippen LogP contribution is 2.20. The smallest absolute Gasteiger partial charge is 0.224 e. The first-order chi connectivity index (χ1) is 9.69. The van der Waals surface area contributed by atoms with E-state index in [1.807, 2.05) is 6.92 Å². The minimum Gasteiger partial charge on any atom is -0.363 e. The number of nitrogens with zero attached hydrogens (tertiary/aromatic N) is 4. The molecule has 2 rings (SSSR count). The Labute approximate surface area is 126 Å². The van der Waals surface area contributed by atoms with Crippen molar-refractivity contribution in [1.29, 1.82) is 0 Å². The Kier molecular flexibility index (Phi) is 5.23. The molecule has 2 N–H and O–H groups in total. The first-order valence-corrected chi connectivity index (χ1v) is 7.26. The summed E-state index contributed by atoms with van der Waals surface area (Å²) in [4.78, 5) is 17.1. The lowest BCUT2D eigenvalue weighted by molar-refractivity contribution is 0.941. The van der Waals surface area contributed by atoms with E-state index in [1.165, 1.54) is 0 Å². The van der Waals surface area contributed by atoms with E-state index in [0.717, 1.165) is 34.6 Å². The zero-order chi connectivity index (χ0) is 14.4. The molecule has 0 fully saturated rings. The molecule has 0 aliphatic heterocycles. The summed E-state index contributed by atoms with van der Waals surface area (Å²) in [6, 6.07) is 0. The van der Waals surface area contributed by atoms with Gasteiger partial charge in [0.2, 0.25) is 5.95 Å². The van der Waals surface area contributed by atoms with Gasteiger partial charge in [-0.1, -0.05) is 6.92 Å². The van der Waals surface area contributed by atoms with Crippen LogP contribution in [0.4, 0.5) is 11.8 Å². The van der Waals surface area contributed by atoms with Crippen molar-refractivity contribution >= 4 is 27.7 Å². The molecule has 0 unspecified atom stereocenters. The highest BCUT2D eigenvalue weighted by molar-refractivity contribution is 9.10. The Morgan fingerprint density at radius 3 is 2.65 bits per heavy atom. The average molecular weight is 337 g/mol. The second kappa shape index (κ2) is 7.14. The van der Waals surface area contributed by atoms with E-state index in [4.69, 9.17) is 0 Å². The van der Waals surface area contributed by atoms with E-state index >= 15 is 0 Å². The largest absolute Gasteiger partial charge is 0.363 e. The fourth-order valence-electron chi connectivity index (χ4n) is 1.50. The van der Waals surface area contributed by atoms with Gasteiger partial charge in [0.25, 0.3) is 0 Å². The first-order valence-electron chi connectivity index (χ1n) is 6.47. The Balaban J connectivity index is 2.02. The average Bonchev–Trinajstić information content (AvgIpc) is 2.46. The highest BCUT2D eigenvalue weighted by atomic mass is 79.9. The second-order valence-electron chi connectivity index (χ2n) is 4.32. The van der Waals surface area contributed by atoms with E-state index < -0.39 is 0 Å². The molecule has 106 valence electrons. The number of nitrogens with one attached hydrogen (secondary N) is 2. The third-order valence-corrected chi connectivity index (χ3v) is 3.13. The van der Waals surface area contributed by atoms with E-state index in [9.17, 15) is 0 Å². The van der Waals surface area contributed by atoms with Gasteiger partial charge < -0.3 is 10.6 Å². The Hall–Kier alpha value is -1.76. The summed E-state index contributed by atoms with van der Waals surface area (Å²) < 4.78 is 0.819. The summed E-state index contributed by atoms with van der Waals surface area (Å²) >= 11 is 3.43. The van der Waals surface area contributed by atoms with Crippen molar-refractivity contribution in [2.24, 2.45) is 0 Å². The predicted molar refractivity (Wildman–Crippen MR) is 82.6 cm³/mol. The van der Waals surface area contributed by atoms with Crippen LogP contribution in [0.1, 0.15) is 24.7 Å². The number of aryl methyl sites for hydroxylation is 1. The van der Waals surface area contributed by atoms with Gasteiger partial charge in [-0.25, -0.2) is 4.98 Å². The molecule has 0 aliphatic rings. The molecule has 0 aliphatic carbocycles. The summed E-state index contributed by atoms with van der Waals surface area (Å²) in [5, 5.41) is 6.38. The van der Waals surface area contributed by atoms with Crippen LogP contribution in [0, 0.1) is 6.92 Å². The van der Waals surface area contributed by atoms with Crippen LogP contribution < -0.4 is 10.6 Å². The Morgan fingerprint density at radius 2 is 1.95 bits per heavy atom. The normalized spacial score (nSPS) is 10.3. The van der Waals surface area contributed by atoms with Gasteiger partial charge in [0.15, 0.2) is 0 Å². The lowest BCUT2D eigenvalue weighted by Crippen LogP contribution is -2.09. The lowest BCUT2D eigenvalue weighted by Gasteiger charge is -2.09. The first kappa shape index (κ1) is 14.6. The SMILES string of the molecule is CCCNc1ncc(Br)c(NCc2cnc(C)cn2)n1. The van der Waals surface area contributed by atoms with E-state index in [0.29, 0.717) is 12.5 Å². The van der Waals surface area contributed by atoms with Crippen LogP contribution >= 0.6 is 15.9 Å². The molecule has 6 nitrogen and oxygen atoms in total. The molecule has 20 heavy (non-hydrogen) atoms. The maximum Gasteiger partial charge on any atom is 0.224 e. The number of hydrogen-bond donors (Lipinski definition) is 2. The topological polar surface area (TPSA) is 75.6 Å². The lowest BCUT2D eigenvalue weighted by atomic mass is 10.4. The maximum atomic E-state index is 4.41. The van der Waals surface area contributed by atoms with Crippen molar-refractivity contribution in [3.05, 3.63) is 34.5 Å². The molecular weight excluding hydrogens is 320 g/mol. The van der Waals surface area contributed by atoms with Crippen molar-refractivity contribution < 1.29 is 0 Å². The third kappa shape index (κ3) is 4.12. The zero-order valence-corrected chi connectivity index (χ0v) is 13.1.